The van der Waals surface area contributed by atoms with Crippen LogP contribution in [0.25, 0.3) is 5.69 Å². The van der Waals surface area contributed by atoms with Gasteiger partial charge in [-0.05, 0) is 55.0 Å². The van der Waals surface area contributed by atoms with E-state index in [0.717, 1.165) is 44.6 Å². The Hall–Kier alpha value is -4.31. The maximum atomic E-state index is 11.1. The molecule has 10 heteroatoms. The van der Waals surface area contributed by atoms with Crippen LogP contribution in [0.1, 0.15) is 22.9 Å². The number of nitro groups is 1. The molecular weight excluding hydrogens is 450 g/mol. The molecule has 3 aromatic carbocycles. The summed E-state index contributed by atoms with van der Waals surface area (Å²) in [5.41, 5.74) is 11.6. The summed E-state index contributed by atoms with van der Waals surface area (Å²) in [5.74, 6) is 0.995. The van der Waals surface area contributed by atoms with Gasteiger partial charge in [0.1, 0.15) is 11.9 Å². The Morgan fingerprint density at radius 1 is 1.03 bits per heavy atom. The number of aromatic nitrogens is 2. The second-order valence-electron chi connectivity index (χ2n) is 8.05. The SMILES string of the molecule is Cc1nn(-c2ccc3c(c2)Nc2ccccc2S3)c2c1C(c1ccc([N+](=O)[O-])cc1)N=C(N)N2. The Morgan fingerprint density at radius 3 is 2.59 bits per heavy atom. The van der Waals surface area contributed by atoms with E-state index < -0.39 is 11.0 Å². The number of anilines is 3. The number of para-hydroxylation sites is 1. The van der Waals surface area contributed by atoms with Crippen molar-refractivity contribution in [2.24, 2.45) is 10.7 Å². The summed E-state index contributed by atoms with van der Waals surface area (Å²) in [5, 5.41) is 22.5. The number of aliphatic imine (C=N–C) groups is 1. The molecule has 9 nitrogen and oxygen atoms in total. The highest BCUT2D eigenvalue weighted by Gasteiger charge is 2.30. The third-order valence-corrected chi connectivity index (χ3v) is 7.05. The molecule has 3 heterocycles. The molecule has 4 aromatic rings. The Balaban J connectivity index is 1.41. The summed E-state index contributed by atoms with van der Waals surface area (Å²) in [4.78, 5) is 17.5. The molecule has 0 bridgehead atoms. The number of fused-ring (bicyclic) bond motifs is 3. The molecule has 34 heavy (non-hydrogen) atoms. The van der Waals surface area contributed by atoms with E-state index in [4.69, 9.17) is 10.8 Å². The minimum absolute atomic E-state index is 0.0308. The fraction of sp³-hybridized carbons (Fsp3) is 0.0833. The lowest BCUT2D eigenvalue weighted by molar-refractivity contribution is -0.384. The standard InChI is InChI=1S/C24H19N7O2S/c1-13-21-22(14-6-8-15(9-7-14)31(32)33)27-24(25)28-23(21)30(29-13)16-10-11-20-18(12-16)26-17-4-2-3-5-19(17)34-20/h2-12,22,26H,1H3,(H3,25,27,28). The first-order valence-corrected chi connectivity index (χ1v) is 11.4. The van der Waals surface area contributed by atoms with Gasteiger partial charge in [-0.3, -0.25) is 10.1 Å². The van der Waals surface area contributed by atoms with Crippen molar-refractivity contribution in [3.05, 3.63) is 93.7 Å². The van der Waals surface area contributed by atoms with Gasteiger partial charge in [0.2, 0.25) is 0 Å². The van der Waals surface area contributed by atoms with E-state index in [1.165, 1.54) is 17.0 Å². The van der Waals surface area contributed by atoms with Gasteiger partial charge in [0.15, 0.2) is 5.96 Å². The average Bonchev–Trinajstić information content (AvgIpc) is 3.18. The van der Waals surface area contributed by atoms with Crippen LogP contribution < -0.4 is 16.4 Å². The third-order valence-electron chi connectivity index (χ3n) is 5.90. The molecule has 4 N–H and O–H groups in total. The highest BCUT2D eigenvalue weighted by atomic mass is 32.2. The Bertz CT molecular complexity index is 1490. The molecule has 1 unspecified atom stereocenters. The minimum Gasteiger partial charge on any atom is -0.370 e. The first-order chi connectivity index (χ1) is 16.5. The number of hydrogen-bond donors (Lipinski definition) is 3. The zero-order valence-corrected chi connectivity index (χ0v) is 18.8. The van der Waals surface area contributed by atoms with E-state index in [1.807, 2.05) is 29.8 Å². The molecule has 0 saturated heterocycles. The quantitative estimate of drug-likeness (QED) is 0.247. The lowest BCUT2D eigenvalue weighted by Crippen LogP contribution is -2.29. The number of nitro benzene ring substituents is 1. The zero-order valence-electron chi connectivity index (χ0n) is 18.0. The average molecular weight is 470 g/mol. The molecule has 1 aromatic heterocycles. The number of nitrogens with zero attached hydrogens (tertiary/aromatic N) is 4. The van der Waals surface area contributed by atoms with E-state index in [2.05, 4.69) is 39.9 Å². The third kappa shape index (κ3) is 3.27. The maximum Gasteiger partial charge on any atom is 0.269 e. The second kappa shape index (κ2) is 7.63. The monoisotopic (exact) mass is 469 g/mol. The van der Waals surface area contributed by atoms with Crippen LogP contribution in [-0.4, -0.2) is 20.7 Å². The highest BCUT2D eigenvalue weighted by Crippen LogP contribution is 2.45. The topological polar surface area (TPSA) is 123 Å². The van der Waals surface area contributed by atoms with Crippen LogP contribution in [-0.2, 0) is 0 Å². The maximum absolute atomic E-state index is 11.1. The van der Waals surface area contributed by atoms with Gasteiger partial charge in [0.25, 0.3) is 5.69 Å². The Morgan fingerprint density at radius 2 is 1.79 bits per heavy atom. The number of hydrogen-bond acceptors (Lipinski definition) is 8. The zero-order chi connectivity index (χ0) is 23.4. The summed E-state index contributed by atoms with van der Waals surface area (Å²) in [6.07, 6.45) is 0. The molecule has 0 amide bonds. The smallest absolute Gasteiger partial charge is 0.269 e. The van der Waals surface area contributed by atoms with Crippen LogP contribution in [0.4, 0.5) is 22.9 Å². The number of aryl methyl sites for hydroxylation is 1. The van der Waals surface area contributed by atoms with Crippen molar-refractivity contribution in [1.29, 1.82) is 0 Å². The molecule has 168 valence electrons. The van der Waals surface area contributed by atoms with Gasteiger partial charge in [-0.2, -0.15) is 5.10 Å². The second-order valence-corrected chi connectivity index (χ2v) is 9.14. The van der Waals surface area contributed by atoms with E-state index in [1.54, 1.807) is 23.9 Å². The van der Waals surface area contributed by atoms with E-state index >= 15 is 0 Å². The van der Waals surface area contributed by atoms with Crippen LogP contribution >= 0.6 is 11.8 Å². The number of nitrogens with one attached hydrogen (secondary N) is 2. The van der Waals surface area contributed by atoms with Crippen molar-refractivity contribution in [3.8, 4) is 5.69 Å². The van der Waals surface area contributed by atoms with E-state index in [9.17, 15) is 10.1 Å². The molecule has 6 rings (SSSR count). The number of non-ortho nitro benzene ring substituents is 1. The lowest BCUT2D eigenvalue weighted by atomic mass is 9.98. The van der Waals surface area contributed by atoms with Crippen molar-refractivity contribution in [1.82, 2.24) is 9.78 Å². The molecule has 2 aliphatic heterocycles. The van der Waals surface area contributed by atoms with Crippen LogP contribution in [0.3, 0.4) is 0 Å². The van der Waals surface area contributed by atoms with Crippen LogP contribution in [0.5, 0.6) is 0 Å². The predicted molar refractivity (Wildman–Crippen MR) is 132 cm³/mol. The summed E-state index contributed by atoms with van der Waals surface area (Å²) in [6, 6.07) is 20.3. The van der Waals surface area contributed by atoms with Crippen molar-refractivity contribution >= 4 is 40.6 Å². The molecule has 0 radical (unpaired) electrons. The largest absolute Gasteiger partial charge is 0.370 e. The van der Waals surface area contributed by atoms with Gasteiger partial charge in [-0.1, -0.05) is 23.9 Å². The van der Waals surface area contributed by atoms with Gasteiger partial charge in [-0.15, -0.1) is 0 Å². The van der Waals surface area contributed by atoms with Gasteiger partial charge in [0, 0.05) is 27.5 Å². The summed E-state index contributed by atoms with van der Waals surface area (Å²) in [7, 11) is 0. The Labute approximate surface area is 198 Å². The van der Waals surface area contributed by atoms with Gasteiger partial charge >= 0.3 is 0 Å². The van der Waals surface area contributed by atoms with Crippen molar-refractivity contribution in [2.45, 2.75) is 22.8 Å². The van der Waals surface area contributed by atoms with Gasteiger partial charge < -0.3 is 16.4 Å². The van der Waals surface area contributed by atoms with Crippen LogP contribution in [0.15, 0.2) is 81.5 Å². The fourth-order valence-corrected chi connectivity index (χ4v) is 5.28. The van der Waals surface area contributed by atoms with Crippen molar-refractivity contribution in [3.63, 3.8) is 0 Å². The highest BCUT2D eigenvalue weighted by molar-refractivity contribution is 7.99. The van der Waals surface area contributed by atoms with E-state index in [0.29, 0.717) is 0 Å². The van der Waals surface area contributed by atoms with E-state index in [-0.39, 0.29) is 11.6 Å². The molecule has 0 fully saturated rings. The van der Waals surface area contributed by atoms with Crippen molar-refractivity contribution in [2.75, 3.05) is 10.6 Å². The van der Waals surface area contributed by atoms with Crippen LogP contribution in [0, 0.1) is 17.0 Å². The first-order valence-electron chi connectivity index (χ1n) is 10.6. The molecule has 2 aliphatic rings. The molecule has 0 saturated carbocycles. The fourth-order valence-electron chi connectivity index (χ4n) is 4.31. The summed E-state index contributed by atoms with van der Waals surface area (Å²) >= 11 is 1.73. The predicted octanol–water partition coefficient (Wildman–Crippen LogP) is 5.13. The number of rotatable bonds is 3. The first kappa shape index (κ1) is 20.3. The van der Waals surface area contributed by atoms with Gasteiger partial charge in [0.05, 0.1) is 27.7 Å². The number of nitrogens with two attached hydrogens (primary N) is 1. The molecule has 0 spiro atoms. The normalized spacial score (nSPS) is 15.8. The molecular formula is C24H19N7O2S. The Kier molecular flexibility index (Phi) is 4.56. The summed E-state index contributed by atoms with van der Waals surface area (Å²) in [6.45, 7) is 1.93. The summed E-state index contributed by atoms with van der Waals surface area (Å²) < 4.78 is 1.83. The van der Waals surface area contributed by atoms with Gasteiger partial charge in [-0.25, -0.2) is 9.67 Å². The number of benzene rings is 3. The number of guanidine groups is 1. The van der Waals surface area contributed by atoms with Crippen molar-refractivity contribution < 1.29 is 4.92 Å². The lowest BCUT2D eigenvalue weighted by Gasteiger charge is -2.23. The molecule has 0 aliphatic carbocycles. The molecule has 1 atom stereocenters. The van der Waals surface area contributed by atoms with Crippen LogP contribution in [0.2, 0.25) is 0 Å². The minimum atomic E-state index is -0.417.